The third kappa shape index (κ3) is 6.39. The van der Waals surface area contributed by atoms with E-state index < -0.39 is 0 Å². The van der Waals surface area contributed by atoms with Crippen LogP contribution in [0.3, 0.4) is 0 Å². The number of rotatable bonds is 7. The smallest absolute Gasteiger partial charge is 0.225 e. The Morgan fingerprint density at radius 1 is 1.10 bits per heavy atom. The highest BCUT2D eigenvalue weighted by molar-refractivity contribution is 5.79. The van der Waals surface area contributed by atoms with Crippen molar-refractivity contribution in [1.29, 1.82) is 0 Å². The summed E-state index contributed by atoms with van der Waals surface area (Å²) in [4.78, 5) is 17.6. The van der Waals surface area contributed by atoms with Crippen molar-refractivity contribution in [3.8, 4) is 0 Å². The summed E-state index contributed by atoms with van der Waals surface area (Å²) in [6.45, 7) is 8.35. The molecule has 0 aliphatic carbocycles. The van der Waals surface area contributed by atoms with Crippen molar-refractivity contribution in [2.75, 3.05) is 57.8 Å². The number of nitrogens with zero attached hydrogens (tertiary/aromatic N) is 5. The molecule has 0 amide bonds. The van der Waals surface area contributed by atoms with Gasteiger partial charge in [0, 0.05) is 65.3 Å². The molecule has 0 unspecified atom stereocenters. The summed E-state index contributed by atoms with van der Waals surface area (Å²) < 4.78 is 13.2. The Bertz CT molecular complexity index is 789. The van der Waals surface area contributed by atoms with Crippen LogP contribution in [-0.4, -0.2) is 73.7 Å². The van der Waals surface area contributed by atoms with Crippen LogP contribution < -0.4 is 15.5 Å². The molecule has 156 valence electrons. The molecular weight excluding hydrogens is 369 g/mol. The molecule has 0 atom stereocenters. The average Bonchev–Trinajstić information content (AvgIpc) is 2.75. The third-order valence-corrected chi connectivity index (χ3v) is 5.14. The molecule has 1 aliphatic heterocycles. The lowest BCUT2D eigenvalue weighted by Crippen LogP contribution is -2.49. The van der Waals surface area contributed by atoms with Crippen molar-refractivity contribution in [3.05, 3.63) is 53.6 Å². The van der Waals surface area contributed by atoms with Gasteiger partial charge in [-0.2, -0.15) is 0 Å². The van der Waals surface area contributed by atoms with Gasteiger partial charge in [0.05, 0.1) is 0 Å². The van der Waals surface area contributed by atoms with Crippen molar-refractivity contribution < 1.29 is 4.39 Å². The first kappa shape index (κ1) is 21.0. The molecule has 3 rings (SSSR count). The van der Waals surface area contributed by atoms with Gasteiger partial charge in [0.15, 0.2) is 5.96 Å². The van der Waals surface area contributed by atoms with Crippen LogP contribution >= 0.6 is 0 Å². The van der Waals surface area contributed by atoms with Crippen LogP contribution in [0.5, 0.6) is 0 Å². The molecule has 2 heterocycles. The van der Waals surface area contributed by atoms with E-state index in [4.69, 9.17) is 0 Å². The van der Waals surface area contributed by atoms with Crippen LogP contribution in [0.4, 0.5) is 10.3 Å². The second-order valence-electron chi connectivity index (χ2n) is 7.12. The quantitative estimate of drug-likeness (QED) is 0.543. The first-order valence-electron chi connectivity index (χ1n) is 10.1. The SMILES string of the molecule is CN=C(NCCc1ccc(F)cc1C)NCCN1CCN(c2ncccn2)CC1. The Kier molecular flexibility index (Phi) is 7.75. The standard InChI is InChI=1S/C21H30FN7/c1-17-16-19(22)5-4-18(17)6-9-24-20(23-2)25-10-11-28-12-14-29(15-13-28)21-26-7-3-8-27-21/h3-5,7-8,16H,6,9-15H2,1-2H3,(H2,23,24,25). The zero-order valence-corrected chi connectivity index (χ0v) is 17.2. The van der Waals surface area contributed by atoms with Crippen molar-refractivity contribution in [2.24, 2.45) is 4.99 Å². The Morgan fingerprint density at radius 3 is 2.52 bits per heavy atom. The number of piperazine rings is 1. The maximum atomic E-state index is 13.2. The van der Waals surface area contributed by atoms with Gasteiger partial charge in [0.25, 0.3) is 0 Å². The summed E-state index contributed by atoms with van der Waals surface area (Å²) in [6.07, 6.45) is 4.40. The fourth-order valence-corrected chi connectivity index (χ4v) is 3.43. The number of benzene rings is 1. The summed E-state index contributed by atoms with van der Waals surface area (Å²) in [6, 6.07) is 6.78. The van der Waals surface area contributed by atoms with E-state index in [1.807, 2.05) is 19.1 Å². The second-order valence-corrected chi connectivity index (χ2v) is 7.12. The number of aromatic nitrogens is 2. The van der Waals surface area contributed by atoms with Gasteiger partial charge in [-0.15, -0.1) is 0 Å². The average molecular weight is 400 g/mol. The maximum Gasteiger partial charge on any atom is 0.225 e. The van der Waals surface area contributed by atoms with Gasteiger partial charge in [-0.05, 0) is 42.7 Å². The molecule has 8 heteroatoms. The summed E-state index contributed by atoms with van der Waals surface area (Å²) in [5, 5.41) is 6.70. The van der Waals surface area contributed by atoms with Crippen molar-refractivity contribution in [3.63, 3.8) is 0 Å². The minimum absolute atomic E-state index is 0.186. The minimum atomic E-state index is -0.186. The molecule has 1 aromatic heterocycles. The number of anilines is 1. The van der Waals surface area contributed by atoms with E-state index in [1.165, 1.54) is 6.07 Å². The van der Waals surface area contributed by atoms with Gasteiger partial charge in [0.1, 0.15) is 5.82 Å². The summed E-state index contributed by atoms with van der Waals surface area (Å²) >= 11 is 0. The van der Waals surface area contributed by atoms with Crippen LogP contribution in [0.1, 0.15) is 11.1 Å². The van der Waals surface area contributed by atoms with E-state index in [2.05, 4.69) is 35.4 Å². The Labute approximate surface area is 172 Å². The van der Waals surface area contributed by atoms with Gasteiger partial charge >= 0.3 is 0 Å². The molecule has 1 saturated heterocycles. The molecule has 0 radical (unpaired) electrons. The number of hydrogen-bond acceptors (Lipinski definition) is 5. The number of guanidine groups is 1. The first-order valence-corrected chi connectivity index (χ1v) is 10.1. The normalized spacial score (nSPS) is 15.4. The first-order chi connectivity index (χ1) is 14.2. The Hall–Kier alpha value is -2.74. The van der Waals surface area contributed by atoms with E-state index in [-0.39, 0.29) is 5.82 Å². The fraction of sp³-hybridized carbons (Fsp3) is 0.476. The Morgan fingerprint density at radius 2 is 1.83 bits per heavy atom. The van der Waals surface area contributed by atoms with Gasteiger partial charge in [-0.25, -0.2) is 14.4 Å². The molecule has 1 aliphatic rings. The molecule has 1 fully saturated rings. The topological polar surface area (TPSA) is 68.7 Å². The molecule has 1 aromatic carbocycles. The van der Waals surface area contributed by atoms with E-state index >= 15 is 0 Å². The summed E-state index contributed by atoms with van der Waals surface area (Å²) in [7, 11) is 1.77. The highest BCUT2D eigenvalue weighted by Gasteiger charge is 2.18. The molecule has 0 spiro atoms. The zero-order chi connectivity index (χ0) is 20.5. The highest BCUT2D eigenvalue weighted by atomic mass is 19.1. The molecular formula is C21H30FN7. The summed E-state index contributed by atoms with van der Waals surface area (Å²) in [5.41, 5.74) is 2.13. The van der Waals surface area contributed by atoms with E-state index in [0.717, 1.165) is 75.3 Å². The van der Waals surface area contributed by atoms with Crippen LogP contribution in [0.25, 0.3) is 0 Å². The lowest BCUT2D eigenvalue weighted by atomic mass is 10.1. The molecule has 0 bridgehead atoms. The van der Waals surface area contributed by atoms with Crippen LogP contribution in [0.2, 0.25) is 0 Å². The molecule has 29 heavy (non-hydrogen) atoms. The zero-order valence-electron chi connectivity index (χ0n) is 17.2. The van der Waals surface area contributed by atoms with Gasteiger partial charge in [-0.3, -0.25) is 9.89 Å². The second kappa shape index (κ2) is 10.7. The van der Waals surface area contributed by atoms with Crippen LogP contribution in [0, 0.1) is 12.7 Å². The number of aryl methyl sites for hydroxylation is 1. The maximum absolute atomic E-state index is 13.2. The predicted octanol–water partition coefficient (Wildman–Crippen LogP) is 1.45. The van der Waals surface area contributed by atoms with E-state index in [0.29, 0.717) is 0 Å². The van der Waals surface area contributed by atoms with Gasteiger partial charge in [0.2, 0.25) is 5.95 Å². The third-order valence-electron chi connectivity index (χ3n) is 5.14. The lowest BCUT2D eigenvalue weighted by molar-refractivity contribution is 0.260. The predicted molar refractivity (Wildman–Crippen MR) is 115 cm³/mol. The summed E-state index contributed by atoms with van der Waals surface area (Å²) in [5.74, 6) is 1.42. The fourth-order valence-electron chi connectivity index (χ4n) is 3.43. The van der Waals surface area contributed by atoms with Crippen molar-refractivity contribution >= 4 is 11.9 Å². The largest absolute Gasteiger partial charge is 0.356 e. The Balaban J connectivity index is 1.33. The lowest BCUT2D eigenvalue weighted by Gasteiger charge is -2.34. The van der Waals surface area contributed by atoms with Gasteiger partial charge in [-0.1, -0.05) is 6.07 Å². The number of halogens is 1. The van der Waals surface area contributed by atoms with Crippen LogP contribution in [-0.2, 0) is 6.42 Å². The molecule has 2 aromatic rings. The van der Waals surface area contributed by atoms with E-state index in [9.17, 15) is 4.39 Å². The number of nitrogens with one attached hydrogen (secondary N) is 2. The number of aliphatic imine (C=N–C) groups is 1. The monoisotopic (exact) mass is 399 g/mol. The van der Waals surface area contributed by atoms with Crippen LogP contribution in [0.15, 0.2) is 41.7 Å². The van der Waals surface area contributed by atoms with E-state index in [1.54, 1.807) is 25.5 Å². The van der Waals surface area contributed by atoms with Crippen molar-refractivity contribution in [1.82, 2.24) is 25.5 Å². The number of hydrogen-bond donors (Lipinski definition) is 2. The highest BCUT2D eigenvalue weighted by Crippen LogP contribution is 2.10. The molecule has 2 N–H and O–H groups in total. The van der Waals surface area contributed by atoms with Crippen molar-refractivity contribution in [2.45, 2.75) is 13.3 Å². The molecule has 0 saturated carbocycles. The minimum Gasteiger partial charge on any atom is -0.356 e. The molecule has 7 nitrogen and oxygen atoms in total. The van der Waals surface area contributed by atoms with Gasteiger partial charge < -0.3 is 15.5 Å².